The molecule has 0 aliphatic carbocycles. The second-order valence-electron chi connectivity index (χ2n) is 6.23. The Bertz CT molecular complexity index is 467. The number of morpholine rings is 1. The first-order valence-electron chi connectivity index (χ1n) is 9.05. The Morgan fingerprint density at radius 1 is 1.29 bits per heavy atom. The van der Waals surface area contributed by atoms with Crippen LogP contribution < -0.4 is 10.6 Å². The van der Waals surface area contributed by atoms with E-state index >= 15 is 0 Å². The number of thiophene rings is 1. The molecule has 1 unspecified atom stereocenters. The Morgan fingerprint density at radius 2 is 2.04 bits per heavy atom. The molecule has 2 N–H and O–H groups in total. The third-order valence-corrected chi connectivity index (χ3v) is 5.58. The molecule has 1 aliphatic heterocycles. The molecule has 5 nitrogen and oxygen atoms in total. The lowest BCUT2D eigenvalue weighted by Crippen LogP contribution is -2.53. The SMILES string of the molecule is CCC(CC)C(CNC(=NC)NCc1ccsc1)N1CCOCC1. The van der Waals surface area contributed by atoms with Crippen LogP contribution in [-0.2, 0) is 11.3 Å². The van der Waals surface area contributed by atoms with Crippen molar-refractivity contribution in [2.75, 3.05) is 39.9 Å². The standard InChI is InChI=1S/C18H32N4OS/c1-4-16(5-2)17(22-7-9-23-10-8-22)13-21-18(19-3)20-12-15-6-11-24-14-15/h6,11,14,16-17H,4-5,7-10,12-13H2,1-3H3,(H2,19,20,21). The van der Waals surface area contributed by atoms with E-state index in [0.717, 1.165) is 45.4 Å². The summed E-state index contributed by atoms with van der Waals surface area (Å²) in [6.45, 7) is 10.1. The molecule has 0 spiro atoms. The van der Waals surface area contributed by atoms with Crippen LogP contribution in [0.4, 0.5) is 0 Å². The maximum atomic E-state index is 5.53. The minimum atomic E-state index is 0.531. The highest BCUT2D eigenvalue weighted by atomic mass is 32.1. The number of aliphatic imine (C=N–C) groups is 1. The Balaban J connectivity index is 1.89. The molecular formula is C18H32N4OS. The van der Waals surface area contributed by atoms with Gasteiger partial charge in [0, 0.05) is 39.3 Å². The molecular weight excluding hydrogens is 320 g/mol. The van der Waals surface area contributed by atoms with E-state index in [9.17, 15) is 0 Å². The minimum absolute atomic E-state index is 0.531. The number of hydrogen-bond donors (Lipinski definition) is 2. The zero-order valence-electron chi connectivity index (χ0n) is 15.3. The molecule has 136 valence electrons. The summed E-state index contributed by atoms with van der Waals surface area (Å²) >= 11 is 1.73. The minimum Gasteiger partial charge on any atom is -0.379 e. The summed E-state index contributed by atoms with van der Waals surface area (Å²) in [5, 5.41) is 11.2. The van der Waals surface area contributed by atoms with E-state index in [4.69, 9.17) is 4.74 Å². The number of guanidine groups is 1. The molecule has 1 atom stereocenters. The molecule has 0 radical (unpaired) electrons. The molecule has 1 fully saturated rings. The average Bonchev–Trinajstić information content (AvgIpc) is 3.15. The van der Waals surface area contributed by atoms with Crippen molar-refractivity contribution in [1.29, 1.82) is 0 Å². The molecule has 1 aromatic rings. The fourth-order valence-electron chi connectivity index (χ4n) is 3.34. The summed E-state index contributed by atoms with van der Waals surface area (Å²) in [4.78, 5) is 6.95. The van der Waals surface area contributed by atoms with E-state index < -0.39 is 0 Å². The van der Waals surface area contributed by atoms with Gasteiger partial charge in [0.25, 0.3) is 0 Å². The summed E-state index contributed by atoms with van der Waals surface area (Å²) in [5.41, 5.74) is 1.30. The van der Waals surface area contributed by atoms with Gasteiger partial charge in [-0.2, -0.15) is 11.3 Å². The highest BCUT2D eigenvalue weighted by molar-refractivity contribution is 7.07. The van der Waals surface area contributed by atoms with Crippen LogP contribution in [0.15, 0.2) is 21.8 Å². The van der Waals surface area contributed by atoms with Crippen LogP contribution in [-0.4, -0.2) is 56.8 Å². The van der Waals surface area contributed by atoms with E-state index in [1.54, 1.807) is 11.3 Å². The second-order valence-corrected chi connectivity index (χ2v) is 7.01. The summed E-state index contributed by atoms with van der Waals surface area (Å²) in [7, 11) is 1.84. The molecule has 1 saturated heterocycles. The lowest BCUT2D eigenvalue weighted by atomic mass is 9.92. The first-order valence-corrected chi connectivity index (χ1v) is 10.00. The largest absolute Gasteiger partial charge is 0.379 e. The fraction of sp³-hybridized carbons (Fsp3) is 0.722. The van der Waals surface area contributed by atoms with Crippen molar-refractivity contribution in [3.05, 3.63) is 22.4 Å². The van der Waals surface area contributed by atoms with Gasteiger partial charge in [0.15, 0.2) is 5.96 Å². The van der Waals surface area contributed by atoms with E-state index in [2.05, 4.69) is 51.2 Å². The Kier molecular flexibility index (Phi) is 8.56. The quantitative estimate of drug-likeness (QED) is 0.558. The van der Waals surface area contributed by atoms with Crippen molar-refractivity contribution >= 4 is 17.3 Å². The van der Waals surface area contributed by atoms with Crippen molar-refractivity contribution in [3.63, 3.8) is 0 Å². The monoisotopic (exact) mass is 352 g/mol. The Morgan fingerprint density at radius 3 is 2.62 bits per heavy atom. The average molecular weight is 353 g/mol. The molecule has 1 aromatic heterocycles. The van der Waals surface area contributed by atoms with Gasteiger partial charge in [0.1, 0.15) is 0 Å². The predicted molar refractivity (Wildman–Crippen MR) is 103 cm³/mol. The summed E-state index contributed by atoms with van der Waals surface area (Å²) < 4.78 is 5.53. The predicted octanol–water partition coefficient (Wildman–Crippen LogP) is 2.55. The van der Waals surface area contributed by atoms with Gasteiger partial charge in [-0.15, -0.1) is 0 Å². The second kappa shape index (κ2) is 10.7. The molecule has 0 bridgehead atoms. The zero-order valence-corrected chi connectivity index (χ0v) is 16.1. The first-order chi connectivity index (χ1) is 11.8. The van der Waals surface area contributed by atoms with Crippen LogP contribution in [0, 0.1) is 5.92 Å². The number of nitrogens with one attached hydrogen (secondary N) is 2. The van der Waals surface area contributed by atoms with E-state index in [1.807, 2.05) is 7.05 Å². The number of nitrogens with zero attached hydrogens (tertiary/aromatic N) is 2. The third kappa shape index (κ3) is 5.76. The summed E-state index contributed by atoms with van der Waals surface area (Å²) in [5.74, 6) is 1.58. The van der Waals surface area contributed by atoms with E-state index in [0.29, 0.717) is 12.0 Å². The van der Waals surface area contributed by atoms with Crippen LogP contribution in [0.5, 0.6) is 0 Å². The lowest BCUT2D eigenvalue weighted by Gasteiger charge is -2.39. The van der Waals surface area contributed by atoms with Gasteiger partial charge in [-0.1, -0.05) is 26.7 Å². The van der Waals surface area contributed by atoms with Crippen molar-refractivity contribution < 1.29 is 4.74 Å². The molecule has 1 aliphatic rings. The molecule has 0 aromatic carbocycles. The molecule has 0 amide bonds. The van der Waals surface area contributed by atoms with Gasteiger partial charge in [0.05, 0.1) is 13.2 Å². The fourth-order valence-corrected chi connectivity index (χ4v) is 4.01. The zero-order chi connectivity index (χ0) is 17.2. The van der Waals surface area contributed by atoms with E-state index in [-0.39, 0.29) is 0 Å². The van der Waals surface area contributed by atoms with Crippen LogP contribution in [0.3, 0.4) is 0 Å². The maximum Gasteiger partial charge on any atom is 0.191 e. The van der Waals surface area contributed by atoms with Crippen LogP contribution in [0.1, 0.15) is 32.3 Å². The van der Waals surface area contributed by atoms with E-state index in [1.165, 1.54) is 18.4 Å². The number of ether oxygens (including phenoxy) is 1. The molecule has 0 saturated carbocycles. The first kappa shape index (κ1) is 19.2. The Hall–Kier alpha value is -1.11. The smallest absolute Gasteiger partial charge is 0.191 e. The maximum absolute atomic E-state index is 5.53. The van der Waals surface area contributed by atoms with Crippen LogP contribution >= 0.6 is 11.3 Å². The number of rotatable bonds is 8. The van der Waals surface area contributed by atoms with Gasteiger partial charge in [-0.25, -0.2) is 0 Å². The highest BCUT2D eigenvalue weighted by Crippen LogP contribution is 2.19. The Labute approximate surface area is 150 Å². The van der Waals surface area contributed by atoms with Crippen molar-refractivity contribution in [2.45, 2.75) is 39.3 Å². The molecule has 2 rings (SSSR count). The third-order valence-electron chi connectivity index (χ3n) is 4.85. The van der Waals surface area contributed by atoms with Gasteiger partial charge in [0.2, 0.25) is 0 Å². The van der Waals surface area contributed by atoms with Crippen LogP contribution in [0.25, 0.3) is 0 Å². The highest BCUT2D eigenvalue weighted by Gasteiger charge is 2.26. The summed E-state index contributed by atoms with van der Waals surface area (Å²) in [6.07, 6.45) is 2.42. The molecule has 24 heavy (non-hydrogen) atoms. The topological polar surface area (TPSA) is 48.9 Å². The van der Waals surface area contributed by atoms with Crippen molar-refractivity contribution in [1.82, 2.24) is 15.5 Å². The molecule has 6 heteroatoms. The lowest BCUT2D eigenvalue weighted by molar-refractivity contribution is 0.00272. The van der Waals surface area contributed by atoms with Crippen molar-refractivity contribution in [3.8, 4) is 0 Å². The molecule has 2 heterocycles. The number of hydrogen-bond acceptors (Lipinski definition) is 4. The van der Waals surface area contributed by atoms with Crippen LogP contribution in [0.2, 0.25) is 0 Å². The van der Waals surface area contributed by atoms with Gasteiger partial charge < -0.3 is 15.4 Å². The van der Waals surface area contributed by atoms with Gasteiger partial charge in [-0.05, 0) is 28.3 Å². The van der Waals surface area contributed by atoms with Crippen molar-refractivity contribution in [2.24, 2.45) is 10.9 Å². The van der Waals surface area contributed by atoms with Gasteiger partial charge >= 0.3 is 0 Å². The normalized spacial score (nSPS) is 17.9. The van der Waals surface area contributed by atoms with Gasteiger partial charge in [-0.3, -0.25) is 9.89 Å². The summed E-state index contributed by atoms with van der Waals surface area (Å²) in [6, 6.07) is 2.68.